The van der Waals surface area contributed by atoms with Crippen molar-refractivity contribution in [2.24, 2.45) is 5.92 Å². The van der Waals surface area contributed by atoms with Gasteiger partial charge in [-0.05, 0) is 30.0 Å². The summed E-state index contributed by atoms with van der Waals surface area (Å²) >= 11 is 5.84. The van der Waals surface area contributed by atoms with Gasteiger partial charge < -0.3 is 10.6 Å². The van der Waals surface area contributed by atoms with Gasteiger partial charge in [0.05, 0.1) is 6.54 Å². The molecule has 1 fully saturated rings. The molecule has 2 N–H and O–H groups in total. The van der Waals surface area contributed by atoms with Crippen LogP contribution in [-0.2, 0) is 9.59 Å². The fraction of sp³-hybridized carbons (Fsp3) is 0.375. The van der Waals surface area contributed by atoms with Crippen molar-refractivity contribution < 1.29 is 9.59 Å². The Morgan fingerprint density at radius 3 is 2.67 bits per heavy atom. The molecule has 0 spiro atoms. The molecular weight excluding hydrogens is 288 g/mol. The van der Waals surface area contributed by atoms with Crippen molar-refractivity contribution in [1.29, 1.82) is 0 Å². The van der Waals surface area contributed by atoms with E-state index in [9.17, 15) is 9.59 Å². The lowest BCUT2D eigenvalue weighted by molar-refractivity contribution is -0.123. The van der Waals surface area contributed by atoms with E-state index >= 15 is 0 Å². The SMILES string of the molecule is C#CCNC(=O)CCNC(=O)[C@@H]1C[C@H]1c1ccc(Cl)cc1. The third-order valence-corrected chi connectivity index (χ3v) is 3.72. The summed E-state index contributed by atoms with van der Waals surface area (Å²) in [6.45, 7) is 0.549. The lowest BCUT2D eigenvalue weighted by Gasteiger charge is -2.05. The molecular formula is C16H17ClN2O2. The number of carbonyl (C=O) groups excluding carboxylic acids is 2. The average Bonchev–Trinajstić information content (AvgIpc) is 3.26. The number of halogens is 1. The van der Waals surface area contributed by atoms with Crippen molar-refractivity contribution in [2.75, 3.05) is 13.1 Å². The number of rotatable bonds is 6. The molecule has 5 heteroatoms. The first-order chi connectivity index (χ1) is 10.1. The van der Waals surface area contributed by atoms with Crippen LogP contribution in [0.1, 0.15) is 24.3 Å². The van der Waals surface area contributed by atoms with E-state index in [4.69, 9.17) is 18.0 Å². The smallest absolute Gasteiger partial charge is 0.223 e. The molecule has 0 heterocycles. The summed E-state index contributed by atoms with van der Waals surface area (Å²) in [5, 5.41) is 6.03. The Balaban J connectivity index is 1.70. The topological polar surface area (TPSA) is 58.2 Å². The van der Waals surface area contributed by atoms with Crippen LogP contribution in [0.3, 0.4) is 0 Å². The van der Waals surface area contributed by atoms with Crippen LogP contribution in [0.2, 0.25) is 5.02 Å². The van der Waals surface area contributed by atoms with Crippen molar-refractivity contribution in [3.8, 4) is 12.3 Å². The Hall–Kier alpha value is -1.99. The van der Waals surface area contributed by atoms with Gasteiger partial charge >= 0.3 is 0 Å². The van der Waals surface area contributed by atoms with E-state index in [0.29, 0.717) is 11.6 Å². The second-order valence-electron chi connectivity index (χ2n) is 5.02. The van der Waals surface area contributed by atoms with E-state index in [1.807, 2.05) is 24.3 Å². The van der Waals surface area contributed by atoms with Crippen molar-refractivity contribution in [3.05, 3.63) is 34.9 Å². The maximum absolute atomic E-state index is 12.0. The molecule has 0 aliphatic heterocycles. The summed E-state index contributed by atoms with van der Waals surface area (Å²) in [6, 6.07) is 7.57. The third-order valence-electron chi connectivity index (χ3n) is 3.46. The minimum atomic E-state index is -0.154. The quantitative estimate of drug-likeness (QED) is 0.786. The Labute approximate surface area is 129 Å². The number of nitrogens with one attached hydrogen (secondary N) is 2. The first-order valence-electron chi connectivity index (χ1n) is 6.85. The van der Waals surface area contributed by atoms with Crippen molar-refractivity contribution in [2.45, 2.75) is 18.8 Å². The van der Waals surface area contributed by atoms with Crippen molar-refractivity contribution >= 4 is 23.4 Å². The number of hydrogen-bond acceptors (Lipinski definition) is 2. The molecule has 0 unspecified atom stereocenters. The molecule has 4 nitrogen and oxygen atoms in total. The standard InChI is InChI=1S/C16H17ClN2O2/c1-2-8-18-15(20)7-9-19-16(21)14-10-13(14)11-3-5-12(17)6-4-11/h1,3-6,13-14H,7-10H2,(H,18,20)(H,19,21)/t13-,14+/m0/s1. The Kier molecular flexibility index (Phi) is 5.24. The number of terminal acetylenes is 1. The van der Waals surface area contributed by atoms with Crippen LogP contribution < -0.4 is 10.6 Å². The van der Waals surface area contributed by atoms with Crippen molar-refractivity contribution in [1.82, 2.24) is 10.6 Å². The van der Waals surface area contributed by atoms with Gasteiger partial charge in [-0.3, -0.25) is 9.59 Å². The lowest BCUT2D eigenvalue weighted by Crippen LogP contribution is -2.31. The summed E-state index contributed by atoms with van der Waals surface area (Å²) in [5.74, 6) is 2.43. The molecule has 0 bridgehead atoms. The van der Waals surface area contributed by atoms with Gasteiger partial charge in [0, 0.05) is 23.9 Å². The molecule has 21 heavy (non-hydrogen) atoms. The number of hydrogen-bond donors (Lipinski definition) is 2. The highest BCUT2D eigenvalue weighted by atomic mass is 35.5. The monoisotopic (exact) mass is 304 g/mol. The van der Waals surface area contributed by atoms with Crippen molar-refractivity contribution in [3.63, 3.8) is 0 Å². The van der Waals surface area contributed by atoms with Gasteiger partial charge in [0.2, 0.25) is 11.8 Å². The van der Waals surface area contributed by atoms with E-state index in [1.54, 1.807) is 0 Å². The zero-order chi connectivity index (χ0) is 15.2. The lowest BCUT2D eigenvalue weighted by atomic mass is 10.1. The van der Waals surface area contributed by atoms with Crippen LogP contribution in [0, 0.1) is 18.3 Å². The minimum absolute atomic E-state index is 0.0000507. The molecule has 1 aliphatic rings. The van der Waals surface area contributed by atoms with Gasteiger partial charge in [0.1, 0.15) is 0 Å². The minimum Gasteiger partial charge on any atom is -0.355 e. The van der Waals surface area contributed by atoms with Crippen LogP contribution in [0.25, 0.3) is 0 Å². The Bertz CT molecular complexity index is 563. The summed E-state index contributed by atoms with van der Waals surface area (Å²) < 4.78 is 0. The summed E-state index contributed by atoms with van der Waals surface area (Å²) in [7, 11) is 0. The van der Waals surface area contributed by atoms with Gasteiger partial charge in [-0.1, -0.05) is 29.7 Å². The second kappa shape index (κ2) is 7.14. The number of amides is 2. The predicted octanol–water partition coefficient (Wildman–Crippen LogP) is 1.70. The largest absolute Gasteiger partial charge is 0.355 e. The Morgan fingerprint density at radius 1 is 1.29 bits per heavy atom. The molecule has 0 saturated heterocycles. The second-order valence-corrected chi connectivity index (χ2v) is 5.46. The fourth-order valence-corrected chi connectivity index (χ4v) is 2.36. The number of carbonyl (C=O) groups is 2. The van der Waals surface area contributed by atoms with Crippen LogP contribution in [0.5, 0.6) is 0 Å². The molecule has 0 aromatic heterocycles. The number of benzene rings is 1. The first kappa shape index (κ1) is 15.4. The normalized spacial score (nSPS) is 19.4. The van der Waals surface area contributed by atoms with E-state index in [2.05, 4.69) is 16.6 Å². The van der Waals surface area contributed by atoms with Gasteiger partial charge in [0.15, 0.2) is 0 Å². The highest BCUT2D eigenvalue weighted by Gasteiger charge is 2.43. The maximum atomic E-state index is 12.0. The fourth-order valence-electron chi connectivity index (χ4n) is 2.23. The zero-order valence-corrected chi connectivity index (χ0v) is 12.3. The highest BCUT2D eigenvalue weighted by molar-refractivity contribution is 6.30. The zero-order valence-electron chi connectivity index (χ0n) is 11.6. The summed E-state index contributed by atoms with van der Waals surface area (Å²) in [4.78, 5) is 23.3. The van der Waals surface area contributed by atoms with E-state index < -0.39 is 0 Å². The molecule has 2 atom stereocenters. The molecule has 1 saturated carbocycles. The third kappa shape index (κ3) is 4.51. The highest BCUT2D eigenvalue weighted by Crippen LogP contribution is 2.47. The molecule has 2 rings (SSSR count). The molecule has 1 aromatic rings. The van der Waals surface area contributed by atoms with Gasteiger partial charge in [0.25, 0.3) is 0 Å². The van der Waals surface area contributed by atoms with Gasteiger partial charge in [-0.15, -0.1) is 6.42 Å². The van der Waals surface area contributed by atoms with E-state index in [-0.39, 0.29) is 36.6 Å². The van der Waals surface area contributed by atoms with Crippen LogP contribution in [-0.4, -0.2) is 24.9 Å². The maximum Gasteiger partial charge on any atom is 0.223 e. The van der Waals surface area contributed by atoms with Gasteiger partial charge in [-0.25, -0.2) is 0 Å². The molecule has 1 aromatic carbocycles. The molecule has 2 amide bonds. The van der Waals surface area contributed by atoms with Gasteiger partial charge in [-0.2, -0.15) is 0 Å². The Morgan fingerprint density at radius 2 is 2.00 bits per heavy atom. The van der Waals surface area contributed by atoms with Crippen LogP contribution in [0.4, 0.5) is 0 Å². The van der Waals surface area contributed by atoms with Crippen LogP contribution in [0.15, 0.2) is 24.3 Å². The van der Waals surface area contributed by atoms with Crippen LogP contribution >= 0.6 is 11.6 Å². The van der Waals surface area contributed by atoms with E-state index in [0.717, 1.165) is 12.0 Å². The molecule has 1 aliphatic carbocycles. The summed E-state index contributed by atoms with van der Waals surface area (Å²) in [5.41, 5.74) is 1.13. The first-order valence-corrected chi connectivity index (χ1v) is 7.23. The van der Waals surface area contributed by atoms with E-state index in [1.165, 1.54) is 0 Å². The molecule has 0 radical (unpaired) electrons. The summed E-state index contributed by atoms with van der Waals surface area (Å²) in [6.07, 6.45) is 6.12. The average molecular weight is 305 g/mol. The predicted molar refractivity (Wildman–Crippen MR) is 81.8 cm³/mol. The molecule has 110 valence electrons.